The first-order valence-corrected chi connectivity index (χ1v) is 9.67. The van der Waals surface area contributed by atoms with Gasteiger partial charge in [0.2, 0.25) is 0 Å². The van der Waals surface area contributed by atoms with Crippen LogP contribution in [-0.2, 0) is 9.84 Å². The molecule has 0 spiro atoms. The van der Waals surface area contributed by atoms with Gasteiger partial charge in [-0.2, -0.15) is 0 Å². The molecule has 9 nitrogen and oxygen atoms in total. The van der Waals surface area contributed by atoms with Gasteiger partial charge in [-0.3, -0.25) is 14.9 Å². The van der Waals surface area contributed by atoms with E-state index in [1.807, 2.05) is 0 Å². The predicted molar refractivity (Wildman–Crippen MR) is 98.3 cm³/mol. The third kappa shape index (κ3) is 4.73. The fourth-order valence-corrected chi connectivity index (χ4v) is 2.92. The van der Waals surface area contributed by atoms with Gasteiger partial charge in [-0.1, -0.05) is 0 Å². The van der Waals surface area contributed by atoms with Gasteiger partial charge >= 0.3 is 0 Å². The van der Waals surface area contributed by atoms with Crippen LogP contribution in [-0.4, -0.2) is 39.2 Å². The fourth-order valence-electron chi connectivity index (χ4n) is 2.29. The average molecular weight is 394 g/mol. The summed E-state index contributed by atoms with van der Waals surface area (Å²) in [5, 5.41) is 13.9. The Morgan fingerprint density at radius 3 is 2.30 bits per heavy atom. The molecule has 10 heteroatoms. The quantitative estimate of drug-likeness (QED) is 0.565. The lowest BCUT2D eigenvalue weighted by atomic mass is 10.1. The van der Waals surface area contributed by atoms with Crippen molar-refractivity contribution in [3.8, 4) is 11.5 Å². The first-order chi connectivity index (χ1) is 12.7. The van der Waals surface area contributed by atoms with Gasteiger partial charge in [-0.15, -0.1) is 0 Å². The van der Waals surface area contributed by atoms with Crippen molar-refractivity contribution in [2.45, 2.75) is 11.8 Å². The van der Waals surface area contributed by atoms with Crippen LogP contribution in [0.5, 0.6) is 11.5 Å². The molecule has 0 unspecified atom stereocenters. The van der Waals surface area contributed by atoms with Crippen LogP contribution in [0.1, 0.15) is 17.3 Å². The number of ether oxygens (including phenoxy) is 2. The predicted octanol–water partition coefficient (Wildman–Crippen LogP) is 2.66. The minimum atomic E-state index is -3.37. The van der Waals surface area contributed by atoms with Gasteiger partial charge in [0, 0.05) is 18.0 Å². The number of amides is 1. The Kier molecular flexibility index (Phi) is 6.01. The highest BCUT2D eigenvalue weighted by Gasteiger charge is 2.25. The van der Waals surface area contributed by atoms with Crippen LogP contribution >= 0.6 is 0 Å². The summed E-state index contributed by atoms with van der Waals surface area (Å²) >= 11 is 0. The van der Waals surface area contributed by atoms with Crippen molar-refractivity contribution in [1.29, 1.82) is 0 Å². The first kappa shape index (κ1) is 20.2. The molecule has 0 aromatic heterocycles. The molecular formula is C17H18N2O7S. The van der Waals surface area contributed by atoms with Crippen LogP contribution in [0.4, 0.5) is 11.4 Å². The van der Waals surface area contributed by atoms with Gasteiger partial charge in [0.15, 0.2) is 21.3 Å². The Balaban J connectivity index is 2.38. The molecule has 0 saturated carbocycles. The summed E-state index contributed by atoms with van der Waals surface area (Å²) in [5.41, 5.74) is -0.369. The van der Waals surface area contributed by atoms with Crippen molar-refractivity contribution in [2.24, 2.45) is 0 Å². The van der Waals surface area contributed by atoms with Gasteiger partial charge < -0.3 is 14.8 Å². The van der Waals surface area contributed by atoms with Crippen molar-refractivity contribution in [1.82, 2.24) is 0 Å². The number of sulfone groups is 1. The van der Waals surface area contributed by atoms with E-state index in [9.17, 15) is 23.3 Å². The smallest absolute Gasteiger partial charge is 0.286 e. The number of methoxy groups -OCH3 is 1. The van der Waals surface area contributed by atoms with Gasteiger partial charge in [0.1, 0.15) is 5.56 Å². The minimum absolute atomic E-state index is 0.0919. The van der Waals surface area contributed by atoms with E-state index in [-0.39, 0.29) is 34.3 Å². The molecule has 144 valence electrons. The highest BCUT2D eigenvalue weighted by Crippen LogP contribution is 2.35. The average Bonchev–Trinajstić information content (AvgIpc) is 2.61. The Morgan fingerprint density at radius 1 is 1.19 bits per heavy atom. The number of hydrogen-bond acceptors (Lipinski definition) is 7. The van der Waals surface area contributed by atoms with Crippen molar-refractivity contribution in [3.05, 3.63) is 52.1 Å². The van der Waals surface area contributed by atoms with Crippen LogP contribution in [0.15, 0.2) is 41.3 Å². The van der Waals surface area contributed by atoms with E-state index in [4.69, 9.17) is 9.47 Å². The lowest BCUT2D eigenvalue weighted by molar-refractivity contribution is -0.385. The van der Waals surface area contributed by atoms with E-state index in [0.717, 1.165) is 12.3 Å². The number of nitrogens with zero attached hydrogens (tertiary/aromatic N) is 1. The second-order valence-electron chi connectivity index (χ2n) is 5.46. The molecule has 27 heavy (non-hydrogen) atoms. The zero-order valence-electron chi connectivity index (χ0n) is 14.9. The molecule has 0 saturated heterocycles. The molecular weight excluding hydrogens is 376 g/mol. The van der Waals surface area contributed by atoms with Gasteiger partial charge in [-0.25, -0.2) is 8.42 Å². The largest absolute Gasteiger partial charge is 0.493 e. The van der Waals surface area contributed by atoms with Crippen LogP contribution in [0, 0.1) is 10.1 Å². The normalized spacial score (nSPS) is 10.9. The van der Waals surface area contributed by atoms with Crippen molar-refractivity contribution >= 4 is 27.1 Å². The lowest BCUT2D eigenvalue weighted by Crippen LogP contribution is -2.14. The molecule has 1 N–H and O–H groups in total. The van der Waals surface area contributed by atoms with Crippen LogP contribution < -0.4 is 14.8 Å². The highest BCUT2D eigenvalue weighted by molar-refractivity contribution is 7.90. The number of benzene rings is 2. The summed E-state index contributed by atoms with van der Waals surface area (Å²) in [4.78, 5) is 23.3. The topological polar surface area (TPSA) is 125 Å². The summed E-state index contributed by atoms with van der Waals surface area (Å²) in [6, 6.07) is 7.81. The molecule has 2 aromatic carbocycles. The van der Waals surface area contributed by atoms with Crippen molar-refractivity contribution < 1.29 is 27.6 Å². The maximum absolute atomic E-state index is 12.5. The molecule has 2 aromatic rings. The maximum atomic E-state index is 12.5. The monoisotopic (exact) mass is 394 g/mol. The van der Waals surface area contributed by atoms with Gasteiger partial charge in [0.05, 0.1) is 29.6 Å². The number of carbonyl (C=O) groups excluding carboxylic acids is 1. The number of hydrogen-bond donors (Lipinski definition) is 1. The molecule has 0 aliphatic heterocycles. The summed E-state index contributed by atoms with van der Waals surface area (Å²) in [6.07, 6.45) is 1.07. The third-order valence-corrected chi connectivity index (χ3v) is 4.69. The van der Waals surface area contributed by atoms with E-state index in [0.29, 0.717) is 0 Å². The molecule has 0 radical (unpaired) electrons. The molecule has 2 rings (SSSR count). The Hall–Kier alpha value is -3.14. The lowest BCUT2D eigenvalue weighted by Gasteiger charge is -2.12. The number of nitrogens with one attached hydrogen (secondary N) is 1. The zero-order valence-corrected chi connectivity index (χ0v) is 15.7. The fraction of sp³-hybridized carbons (Fsp3) is 0.235. The molecule has 0 heterocycles. The third-order valence-electron chi connectivity index (χ3n) is 3.56. The molecule has 1 amide bonds. The number of anilines is 1. The minimum Gasteiger partial charge on any atom is -0.493 e. The van der Waals surface area contributed by atoms with Gasteiger partial charge in [0.25, 0.3) is 11.6 Å². The van der Waals surface area contributed by atoms with E-state index < -0.39 is 26.4 Å². The second-order valence-corrected chi connectivity index (χ2v) is 7.48. The molecule has 0 fully saturated rings. The summed E-state index contributed by atoms with van der Waals surface area (Å²) in [7, 11) is -2.01. The summed E-state index contributed by atoms with van der Waals surface area (Å²) in [6.45, 7) is 1.98. The van der Waals surface area contributed by atoms with Crippen LogP contribution in [0.3, 0.4) is 0 Å². The summed E-state index contributed by atoms with van der Waals surface area (Å²) in [5.74, 6) is -0.407. The Bertz CT molecular complexity index is 970. The standard InChI is InChI=1S/C17H18N2O7S/c1-4-26-16-10-14(19(21)22)13(9-15(16)25-2)17(20)18-11-5-7-12(8-6-11)27(3,23)24/h5-10H,4H2,1-3H3,(H,18,20). The number of carbonyl (C=O) groups is 1. The first-order valence-electron chi connectivity index (χ1n) is 7.78. The Morgan fingerprint density at radius 2 is 1.81 bits per heavy atom. The molecule has 0 aliphatic rings. The van der Waals surface area contributed by atoms with E-state index >= 15 is 0 Å². The maximum Gasteiger partial charge on any atom is 0.286 e. The molecule has 0 bridgehead atoms. The van der Waals surface area contributed by atoms with E-state index in [1.54, 1.807) is 6.92 Å². The number of nitro groups is 1. The molecule has 0 aliphatic carbocycles. The second kappa shape index (κ2) is 8.04. The van der Waals surface area contributed by atoms with E-state index in [1.165, 1.54) is 37.4 Å². The van der Waals surface area contributed by atoms with Crippen LogP contribution in [0.2, 0.25) is 0 Å². The SMILES string of the molecule is CCOc1cc([N+](=O)[O-])c(C(=O)Nc2ccc(S(C)(=O)=O)cc2)cc1OC. The number of rotatable bonds is 7. The Labute approximate surface area is 156 Å². The van der Waals surface area contributed by atoms with Crippen molar-refractivity contribution in [2.75, 3.05) is 25.3 Å². The summed E-state index contributed by atoms with van der Waals surface area (Å²) < 4.78 is 33.4. The van der Waals surface area contributed by atoms with E-state index in [2.05, 4.69) is 5.32 Å². The molecule has 0 atom stereocenters. The van der Waals surface area contributed by atoms with Crippen LogP contribution in [0.25, 0.3) is 0 Å². The van der Waals surface area contributed by atoms with Crippen molar-refractivity contribution in [3.63, 3.8) is 0 Å². The zero-order chi connectivity index (χ0) is 20.2. The highest BCUT2D eigenvalue weighted by atomic mass is 32.2. The number of nitro benzene ring substituents is 1. The van der Waals surface area contributed by atoms with Gasteiger partial charge in [-0.05, 0) is 31.2 Å².